The van der Waals surface area contributed by atoms with Crippen LogP contribution in [0, 0.1) is 11.6 Å². The molecule has 0 unspecified atom stereocenters. The summed E-state index contributed by atoms with van der Waals surface area (Å²) in [7, 11) is 0. The van der Waals surface area contributed by atoms with E-state index >= 15 is 0 Å². The summed E-state index contributed by atoms with van der Waals surface area (Å²) in [6, 6.07) is 6.04. The molecule has 0 bridgehead atoms. The molecule has 6 nitrogen and oxygen atoms in total. The van der Waals surface area contributed by atoms with Crippen molar-refractivity contribution in [2.24, 2.45) is 0 Å². The summed E-state index contributed by atoms with van der Waals surface area (Å²) in [5.74, 6) is 0.739. The molecule has 0 N–H and O–H groups in total. The van der Waals surface area contributed by atoms with Gasteiger partial charge in [0.05, 0.1) is 0 Å². The Morgan fingerprint density at radius 2 is 1.89 bits per heavy atom. The summed E-state index contributed by atoms with van der Waals surface area (Å²) in [6.45, 7) is 5.98. The van der Waals surface area contributed by atoms with Gasteiger partial charge in [0.2, 0.25) is 0 Å². The van der Waals surface area contributed by atoms with Crippen molar-refractivity contribution < 1.29 is 8.78 Å². The Bertz CT molecular complexity index is 913. The largest absolute Gasteiger partial charge is 0.313 e. The van der Waals surface area contributed by atoms with E-state index in [1.54, 1.807) is 12.3 Å². The molecule has 1 aliphatic rings. The zero-order valence-electron chi connectivity index (χ0n) is 15.9. The maximum absolute atomic E-state index is 13.4. The van der Waals surface area contributed by atoms with Crippen LogP contribution in [0.4, 0.5) is 8.78 Å². The Morgan fingerprint density at radius 1 is 1.07 bits per heavy atom. The molecule has 0 saturated carbocycles. The number of piperidine rings is 1. The fourth-order valence-corrected chi connectivity index (χ4v) is 3.90. The predicted octanol–water partition coefficient (Wildman–Crippen LogP) is 3.20. The third-order valence-corrected chi connectivity index (χ3v) is 5.38. The van der Waals surface area contributed by atoms with E-state index in [4.69, 9.17) is 0 Å². The van der Waals surface area contributed by atoms with Crippen LogP contribution in [-0.4, -0.2) is 42.5 Å². The molecule has 3 heterocycles. The first-order valence-corrected chi connectivity index (χ1v) is 9.69. The third-order valence-electron chi connectivity index (χ3n) is 5.38. The lowest BCUT2D eigenvalue weighted by molar-refractivity contribution is 0.199. The average molecular weight is 386 g/mol. The lowest BCUT2D eigenvalue weighted by Gasteiger charge is -2.31. The van der Waals surface area contributed by atoms with E-state index in [1.807, 2.05) is 16.9 Å². The van der Waals surface area contributed by atoms with Gasteiger partial charge < -0.3 is 4.57 Å². The molecule has 1 aromatic carbocycles. The number of hydrogen-bond donors (Lipinski definition) is 0. The molecule has 4 rings (SSSR count). The van der Waals surface area contributed by atoms with E-state index in [1.165, 1.54) is 12.1 Å². The predicted molar refractivity (Wildman–Crippen MR) is 101 cm³/mol. The second-order valence-electron chi connectivity index (χ2n) is 7.22. The minimum absolute atomic E-state index is 0.361. The quantitative estimate of drug-likeness (QED) is 0.653. The van der Waals surface area contributed by atoms with Crippen LogP contribution in [-0.2, 0) is 19.6 Å². The molecule has 1 saturated heterocycles. The monoisotopic (exact) mass is 386 g/mol. The highest BCUT2D eigenvalue weighted by molar-refractivity contribution is 5.18. The molecular formula is C20H24F2N6. The van der Waals surface area contributed by atoms with E-state index in [9.17, 15) is 8.78 Å². The second kappa shape index (κ2) is 8.18. The Labute approximate surface area is 162 Å². The van der Waals surface area contributed by atoms with Gasteiger partial charge in [-0.2, -0.15) is 5.10 Å². The molecule has 8 heteroatoms. The topological polar surface area (TPSA) is 51.8 Å². The molecule has 1 fully saturated rings. The fourth-order valence-electron chi connectivity index (χ4n) is 3.90. The maximum Gasteiger partial charge on any atom is 0.159 e. The Morgan fingerprint density at radius 3 is 2.57 bits per heavy atom. The van der Waals surface area contributed by atoms with E-state index in [0.717, 1.165) is 49.7 Å². The van der Waals surface area contributed by atoms with Crippen LogP contribution in [0.3, 0.4) is 0 Å². The van der Waals surface area contributed by atoms with Crippen LogP contribution in [0.5, 0.6) is 0 Å². The number of likely N-dealkylation sites (tertiary alicyclic amines) is 1. The number of aromatic nitrogens is 5. The van der Waals surface area contributed by atoms with E-state index in [-0.39, 0.29) is 0 Å². The number of benzene rings is 1. The molecule has 148 valence electrons. The van der Waals surface area contributed by atoms with Gasteiger partial charge in [0.1, 0.15) is 12.4 Å². The summed E-state index contributed by atoms with van der Waals surface area (Å²) in [5.41, 5.74) is 0.801. The van der Waals surface area contributed by atoms with Crippen molar-refractivity contribution in [1.29, 1.82) is 0 Å². The van der Waals surface area contributed by atoms with Crippen LogP contribution < -0.4 is 0 Å². The van der Waals surface area contributed by atoms with Crippen molar-refractivity contribution in [1.82, 2.24) is 29.4 Å². The van der Waals surface area contributed by atoms with Gasteiger partial charge in [-0.25, -0.2) is 8.78 Å². The summed E-state index contributed by atoms with van der Waals surface area (Å²) in [4.78, 5) is 2.28. The highest BCUT2D eigenvalue weighted by Gasteiger charge is 2.26. The standard InChI is InChI=1S/C20H24F2N6/c1-2-28-19(14-27-9-3-8-23-27)24-25-20(28)16-6-10-26(11-7-16)13-15-4-5-17(21)18(22)12-15/h3-5,8-9,12,16H,2,6-7,10-11,13-14H2,1H3. The third kappa shape index (κ3) is 3.96. The van der Waals surface area contributed by atoms with Crippen LogP contribution in [0.1, 0.15) is 42.9 Å². The van der Waals surface area contributed by atoms with Crippen molar-refractivity contribution in [3.63, 3.8) is 0 Å². The molecule has 0 spiro atoms. The van der Waals surface area contributed by atoms with Crippen molar-refractivity contribution >= 4 is 0 Å². The summed E-state index contributed by atoms with van der Waals surface area (Å²) < 4.78 is 30.6. The Kier molecular flexibility index (Phi) is 5.47. The fraction of sp³-hybridized carbons (Fsp3) is 0.450. The summed E-state index contributed by atoms with van der Waals surface area (Å²) in [5, 5.41) is 13.1. The van der Waals surface area contributed by atoms with E-state index in [2.05, 4.69) is 31.7 Å². The average Bonchev–Trinajstić information content (AvgIpc) is 3.35. The van der Waals surface area contributed by atoms with E-state index in [0.29, 0.717) is 19.0 Å². The first kappa shape index (κ1) is 18.7. The second-order valence-corrected chi connectivity index (χ2v) is 7.22. The number of hydrogen-bond acceptors (Lipinski definition) is 4. The lowest BCUT2D eigenvalue weighted by atomic mass is 9.95. The van der Waals surface area contributed by atoms with Crippen LogP contribution in [0.2, 0.25) is 0 Å². The van der Waals surface area contributed by atoms with Crippen LogP contribution in [0.25, 0.3) is 0 Å². The van der Waals surface area contributed by atoms with Crippen molar-refractivity contribution in [2.75, 3.05) is 13.1 Å². The summed E-state index contributed by atoms with van der Waals surface area (Å²) >= 11 is 0. The highest BCUT2D eigenvalue weighted by atomic mass is 19.2. The summed E-state index contributed by atoms with van der Waals surface area (Å²) in [6.07, 6.45) is 5.63. The Hall–Kier alpha value is -2.61. The number of nitrogens with zero attached hydrogens (tertiary/aromatic N) is 6. The van der Waals surface area contributed by atoms with Crippen molar-refractivity contribution in [2.45, 2.75) is 45.3 Å². The molecule has 0 radical (unpaired) electrons. The minimum Gasteiger partial charge on any atom is -0.313 e. The van der Waals surface area contributed by atoms with Crippen LogP contribution in [0.15, 0.2) is 36.7 Å². The van der Waals surface area contributed by atoms with Crippen molar-refractivity contribution in [3.05, 3.63) is 65.5 Å². The first-order valence-electron chi connectivity index (χ1n) is 9.69. The van der Waals surface area contributed by atoms with Gasteiger partial charge in [-0.1, -0.05) is 6.07 Å². The molecular weight excluding hydrogens is 362 g/mol. The molecule has 0 atom stereocenters. The normalized spacial score (nSPS) is 16.0. The number of rotatable bonds is 6. The van der Waals surface area contributed by atoms with E-state index < -0.39 is 11.6 Å². The van der Waals surface area contributed by atoms with Gasteiger partial charge in [-0.05, 0) is 56.6 Å². The zero-order chi connectivity index (χ0) is 19.5. The van der Waals surface area contributed by atoms with Gasteiger partial charge in [0.15, 0.2) is 17.5 Å². The molecule has 2 aromatic heterocycles. The van der Waals surface area contributed by atoms with Crippen LogP contribution >= 0.6 is 0 Å². The molecule has 3 aromatic rings. The molecule has 1 aliphatic heterocycles. The first-order chi connectivity index (χ1) is 13.6. The Balaban J connectivity index is 1.39. The van der Waals surface area contributed by atoms with Crippen molar-refractivity contribution in [3.8, 4) is 0 Å². The highest BCUT2D eigenvalue weighted by Crippen LogP contribution is 2.28. The molecule has 0 amide bonds. The van der Waals surface area contributed by atoms with Gasteiger partial charge in [-0.3, -0.25) is 9.58 Å². The maximum atomic E-state index is 13.4. The van der Waals surface area contributed by atoms with Gasteiger partial charge in [-0.15, -0.1) is 10.2 Å². The van der Waals surface area contributed by atoms with Gasteiger partial charge >= 0.3 is 0 Å². The smallest absolute Gasteiger partial charge is 0.159 e. The molecule has 0 aliphatic carbocycles. The van der Waals surface area contributed by atoms with Gasteiger partial charge in [0.25, 0.3) is 0 Å². The molecule has 28 heavy (non-hydrogen) atoms. The van der Waals surface area contributed by atoms with Gasteiger partial charge in [0, 0.05) is 31.4 Å². The SMILES string of the molecule is CCn1c(Cn2cccn2)nnc1C1CCN(Cc2ccc(F)c(F)c2)CC1. The number of halogens is 2. The zero-order valence-corrected chi connectivity index (χ0v) is 15.9. The lowest BCUT2D eigenvalue weighted by Crippen LogP contribution is -2.33. The minimum atomic E-state index is -0.799.